The number of amides is 2. The van der Waals surface area contributed by atoms with E-state index in [1.165, 1.54) is 9.80 Å². The van der Waals surface area contributed by atoms with Gasteiger partial charge in [0.25, 0.3) is 0 Å². The molecule has 0 saturated carbocycles. The number of hydrogen-bond acceptors (Lipinski definition) is 6. The summed E-state index contributed by atoms with van der Waals surface area (Å²) in [5, 5.41) is 13.2. The molecule has 0 bridgehead atoms. The Kier molecular flexibility index (Phi) is 6.22. The van der Waals surface area contributed by atoms with Crippen LogP contribution in [0.5, 0.6) is 5.75 Å². The highest BCUT2D eigenvalue weighted by Crippen LogP contribution is 2.42. The average molecular weight is 486 g/mol. The largest absolute Gasteiger partial charge is 0.493 e. The van der Waals surface area contributed by atoms with Gasteiger partial charge in [0.1, 0.15) is 17.4 Å². The number of nitrogens with zero attached hydrogens (tertiary/aromatic N) is 2. The molecule has 34 heavy (non-hydrogen) atoms. The summed E-state index contributed by atoms with van der Waals surface area (Å²) in [6.07, 6.45) is -5.65. The van der Waals surface area contributed by atoms with Crippen molar-refractivity contribution in [1.29, 1.82) is 0 Å². The van der Waals surface area contributed by atoms with Crippen molar-refractivity contribution in [2.75, 3.05) is 26.2 Å². The standard InChI is InChI=1S/C23H30F3N3O5/c1-21(2,3)34-20(31)29-11-14-10-22(32,23(24,25)26)13-28(14)12-17(29)19(30)27-16-8-9-33-18-7-5-4-6-15(16)18/h4-7,14,16-17,32H,8-13H2,1-3H3,(H,27,30)/t14-,16-,17+,22-/m1/s1. The molecule has 2 fully saturated rings. The van der Waals surface area contributed by atoms with Crippen LogP contribution in [0.25, 0.3) is 0 Å². The second-order valence-electron chi connectivity index (χ2n) is 10.2. The number of fused-ring (bicyclic) bond motifs is 2. The van der Waals surface area contributed by atoms with Crippen molar-refractivity contribution in [2.24, 2.45) is 0 Å². The van der Waals surface area contributed by atoms with Crippen molar-refractivity contribution in [3.8, 4) is 5.75 Å². The van der Waals surface area contributed by atoms with E-state index in [0.29, 0.717) is 18.8 Å². The van der Waals surface area contributed by atoms with E-state index in [9.17, 15) is 27.9 Å². The van der Waals surface area contributed by atoms with Crippen molar-refractivity contribution in [3.63, 3.8) is 0 Å². The number of piperazine rings is 1. The lowest BCUT2D eigenvalue weighted by atomic mass is 9.98. The van der Waals surface area contributed by atoms with Gasteiger partial charge < -0.3 is 19.9 Å². The lowest BCUT2D eigenvalue weighted by Gasteiger charge is -2.43. The zero-order chi connectivity index (χ0) is 24.9. The van der Waals surface area contributed by atoms with Crippen LogP contribution in [0.3, 0.4) is 0 Å². The van der Waals surface area contributed by atoms with Gasteiger partial charge in [0, 0.05) is 44.1 Å². The van der Waals surface area contributed by atoms with Crippen LogP contribution in [0.1, 0.15) is 45.2 Å². The van der Waals surface area contributed by atoms with Crippen LogP contribution in [0.4, 0.5) is 18.0 Å². The molecule has 1 aromatic carbocycles. The third kappa shape index (κ3) is 4.81. The van der Waals surface area contributed by atoms with Crippen molar-refractivity contribution in [3.05, 3.63) is 29.8 Å². The Morgan fingerprint density at radius 3 is 2.59 bits per heavy atom. The fourth-order valence-electron chi connectivity index (χ4n) is 4.83. The summed E-state index contributed by atoms with van der Waals surface area (Å²) >= 11 is 0. The van der Waals surface area contributed by atoms with Crippen LogP contribution in [-0.2, 0) is 9.53 Å². The Hall–Kier alpha value is -2.53. The number of ether oxygens (including phenoxy) is 2. The van der Waals surface area contributed by atoms with Crippen LogP contribution in [0.15, 0.2) is 24.3 Å². The summed E-state index contributed by atoms with van der Waals surface area (Å²) in [7, 11) is 0. The number of aliphatic hydroxyl groups is 1. The number of nitrogens with one attached hydrogen (secondary N) is 1. The summed E-state index contributed by atoms with van der Waals surface area (Å²) in [6, 6.07) is 5.11. The van der Waals surface area contributed by atoms with Gasteiger partial charge in [-0.3, -0.25) is 14.6 Å². The highest BCUT2D eigenvalue weighted by atomic mass is 19.4. The van der Waals surface area contributed by atoms with Crippen molar-refractivity contribution >= 4 is 12.0 Å². The van der Waals surface area contributed by atoms with E-state index in [1.54, 1.807) is 26.8 Å². The lowest BCUT2D eigenvalue weighted by Crippen LogP contribution is -2.63. The summed E-state index contributed by atoms with van der Waals surface area (Å²) in [5.41, 5.74) is -2.94. The van der Waals surface area contributed by atoms with Gasteiger partial charge in [0.15, 0.2) is 5.60 Å². The van der Waals surface area contributed by atoms with E-state index >= 15 is 0 Å². The molecule has 8 nitrogen and oxygen atoms in total. The third-order valence-electron chi connectivity index (χ3n) is 6.48. The lowest BCUT2D eigenvalue weighted by molar-refractivity contribution is -0.254. The first-order valence-corrected chi connectivity index (χ1v) is 11.3. The minimum Gasteiger partial charge on any atom is -0.493 e. The number of para-hydroxylation sites is 1. The minimum atomic E-state index is -4.81. The van der Waals surface area contributed by atoms with Gasteiger partial charge in [-0.15, -0.1) is 0 Å². The first-order valence-electron chi connectivity index (χ1n) is 11.3. The summed E-state index contributed by atoms with van der Waals surface area (Å²) in [4.78, 5) is 29.0. The van der Waals surface area contributed by atoms with E-state index in [0.717, 1.165) is 5.56 Å². The second kappa shape index (κ2) is 8.60. The van der Waals surface area contributed by atoms with E-state index in [1.807, 2.05) is 18.2 Å². The molecule has 0 aliphatic carbocycles. The average Bonchev–Trinajstić information content (AvgIpc) is 3.08. The quantitative estimate of drug-likeness (QED) is 0.669. The molecule has 3 aliphatic rings. The zero-order valence-electron chi connectivity index (χ0n) is 19.4. The topological polar surface area (TPSA) is 91.3 Å². The van der Waals surface area contributed by atoms with Crippen molar-refractivity contribution in [1.82, 2.24) is 15.1 Å². The molecule has 0 radical (unpaired) electrons. The number of rotatable bonds is 2. The van der Waals surface area contributed by atoms with Crippen LogP contribution in [0.2, 0.25) is 0 Å². The minimum absolute atomic E-state index is 0.140. The molecule has 2 N–H and O–H groups in total. The first-order chi connectivity index (χ1) is 15.8. The van der Waals surface area contributed by atoms with Gasteiger partial charge in [-0.05, 0) is 26.8 Å². The van der Waals surface area contributed by atoms with Crippen LogP contribution < -0.4 is 10.1 Å². The summed E-state index contributed by atoms with van der Waals surface area (Å²) in [5.74, 6) is 0.162. The molecule has 3 aliphatic heterocycles. The number of benzene rings is 1. The molecule has 1 aromatic rings. The molecule has 4 rings (SSSR count). The van der Waals surface area contributed by atoms with Crippen LogP contribution >= 0.6 is 0 Å². The first kappa shape index (κ1) is 24.6. The molecule has 0 aromatic heterocycles. The Balaban J connectivity index is 1.57. The predicted molar refractivity (Wildman–Crippen MR) is 115 cm³/mol. The summed E-state index contributed by atoms with van der Waals surface area (Å²) in [6.45, 7) is 4.48. The number of carbonyl (C=O) groups excluding carboxylic acids is 2. The fraction of sp³-hybridized carbons (Fsp3) is 0.652. The third-order valence-corrected chi connectivity index (χ3v) is 6.48. The Morgan fingerprint density at radius 2 is 1.91 bits per heavy atom. The SMILES string of the molecule is CC(C)(C)OC(=O)N1C[C@H]2C[C@](O)(C(F)(F)F)CN2C[C@H]1C(=O)N[C@@H]1CCOc2ccccc21. The van der Waals surface area contributed by atoms with E-state index in [-0.39, 0.29) is 19.1 Å². The molecular formula is C23H30F3N3O5. The van der Waals surface area contributed by atoms with Crippen LogP contribution in [0, 0.1) is 0 Å². The maximum absolute atomic E-state index is 13.5. The van der Waals surface area contributed by atoms with Crippen LogP contribution in [-0.4, -0.2) is 82.6 Å². The Bertz CT molecular complexity index is 951. The zero-order valence-corrected chi connectivity index (χ0v) is 19.4. The molecular weight excluding hydrogens is 455 g/mol. The molecule has 188 valence electrons. The maximum atomic E-state index is 13.5. The number of alkyl halides is 3. The molecule has 11 heteroatoms. The second-order valence-corrected chi connectivity index (χ2v) is 10.2. The molecule has 2 saturated heterocycles. The number of carbonyl (C=O) groups is 2. The highest BCUT2D eigenvalue weighted by Gasteiger charge is 2.61. The van der Waals surface area contributed by atoms with Crippen molar-refractivity contribution in [2.45, 2.75) is 69.1 Å². The fourth-order valence-corrected chi connectivity index (χ4v) is 4.83. The summed E-state index contributed by atoms with van der Waals surface area (Å²) < 4.78 is 51.6. The molecule has 0 spiro atoms. The van der Waals surface area contributed by atoms with Gasteiger partial charge in [-0.2, -0.15) is 13.2 Å². The maximum Gasteiger partial charge on any atom is 0.418 e. The van der Waals surface area contributed by atoms with Gasteiger partial charge in [0.2, 0.25) is 5.91 Å². The van der Waals surface area contributed by atoms with E-state index in [4.69, 9.17) is 9.47 Å². The van der Waals surface area contributed by atoms with Gasteiger partial charge in [-0.1, -0.05) is 18.2 Å². The Morgan fingerprint density at radius 1 is 1.21 bits per heavy atom. The highest BCUT2D eigenvalue weighted by molar-refractivity contribution is 5.86. The molecule has 4 atom stereocenters. The number of hydrogen-bond donors (Lipinski definition) is 2. The normalized spacial score (nSPS) is 29.6. The van der Waals surface area contributed by atoms with Gasteiger partial charge >= 0.3 is 12.3 Å². The van der Waals surface area contributed by atoms with Gasteiger partial charge in [-0.25, -0.2) is 4.79 Å². The van der Waals surface area contributed by atoms with E-state index in [2.05, 4.69) is 5.32 Å². The number of halogens is 3. The van der Waals surface area contributed by atoms with Crippen molar-refractivity contribution < 1.29 is 37.3 Å². The molecule has 0 unspecified atom stereocenters. The Labute approximate surface area is 196 Å². The molecule has 2 amide bonds. The predicted octanol–water partition coefficient (Wildman–Crippen LogP) is 2.61. The molecule has 3 heterocycles. The smallest absolute Gasteiger partial charge is 0.418 e. The van der Waals surface area contributed by atoms with E-state index < -0.39 is 54.4 Å². The van der Waals surface area contributed by atoms with Gasteiger partial charge in [0.05, 0.1) is 12.6 Å². The monoisotopic (exact) mass is 485 g/mol.